The zero-order valence-electron chi connectivity index (χ0n) is 10.1. The number of halogens is 8. The van der Waals surface area contributed by atoms with Crippen LogP contribution in [0.5, 0.6) is 0 Å². The average molecular weight is 350 g/mol. The molecule has 0 aromatic rings. The van der Waals surface area contributed by atoms with Gasteiger partial charge in [0.2, 0.25) is 0 Å². The van der Waals surface area contributed by atoms with Gasteiger partial charge in [0.05, 0.1) is 0 Å². The van der Waals surface area contributed by atoms with Gasteiger partial charge in [-0.1, -0.05) is 0 Å². The number of carbonyl (C=O) groups excluding carboxylic acids is 2. The van der Waals surface area contributed by atoms with Crippen LogP contribution in [0.15, 0.2) is 0 Å². The molecule has 0 radical (unpaired) electrons. The number of carbonyl (C=O) groups is 2. The monoisotopic (exact) mass is 350 g/mol. The Kier molecular flexibility index (Phi) is 9.68. The first kappa shape index (κ1) is 26.2. The maximum Gasteiger partial charge on any atom is 1.00 e. The predicted octanol–water partition coefficient (Wildman–Crippen LogP) is -7.03. The van der Waals surface area contributed by atoms with Gasteiger partial charge >= 0.3 is 83.2 Å². The molecule has 15 heteroatoms. The van der Waals surface area contributed by atoms with E-state index in [4.69, 9.17) is 0 Å². The van der Waals surface area contributed by atoms with Gasteiger partial charge in [-0.15, -0.1) is 0 Å². The van der Waals surface area contributed by atoms with Crippen molar-refractivity contribution in [3.8, 4) is 0 Å². The van der Waals surface area contributed by atoms with E-state index in [2.05, 4.69) is 0 Å². The van der Waals surface area contributed by atoms with Crippen LogP contribution in [0.1, 0.15) is 0 Å². The number of hydrogen-bond donors (Lipinski definition) is 0. The quantitative estimate of drug-likeness (QED) is 0.351. The molecule has 0 amide bonds. The third-order valence-corrected chi connectivity index (χ3v) is 1.50. The van der Waals surface area contributed by atoms with Crippen molar-refractivity contribution in [1.29, 1.82) is 0 Å². The van der Waals surface area contributed by atoms with Gasteiger partial charge < -0.3 is 19.8 Å². The van der Waals surface area contributed by atoms with Crippen molar-refractivity contribution in [3.63, 3.8) is 0 Å². The van der Waals surface area contributed by atoms with Crippen molar-refractivity contribution < 1.29 is 119 Å². The molecule has 0 atom stereocenters. The van der Waals surface area contributed by atoms with E-state index < -0.39 is 36.0 Å². The number of hydrogen-bond acceptors (Lipinski definition) is 5. The minimum absolute atomic E-state index is 0. The summed E-state index contributed by atoms with van der Waals surface area (Å²) < 4.78 is 99.6. The zero-order chi connectivity index (χ0) is 15.9. The summed E-state index contributed by atoms with van der Waals surface area (Å²) in [6.07, 6.45) is -13.3. The van der Waals surface area contributed by atoms with Gasteiger partial charge in [-0.05, 0) is 0 Å². The fraction of sp³-hybridized carbons (Fsp3) is 0.667. The third-order valence-electron chi connectivity index (χ3n) is 1.50. The molecule has 0 saturated carbocycles. The maximum absolute atomic E-state index is 12.3. The molecule has 21 heavy (non-hydrogen) atoms. The maximum atomic E-state index is 12.3. The van der Waals surface area contributed by atoms with Gasteiger partial charge in [0.25, 0.3) is 0 Å². The van der Waals surface area contributed by atoms with Gasteiger partial charge in [0, 0.05) is 0 Å². The number of alkyl halides is 8. The van der Waals surface area contributed by atoms with E-state index in [1.807, 2.05) is 0 Å². The number of carboxylic acids is 2. The van der Waals surface area contributed by atoms with Crippen molar-refractivity contribution in [2.75, 3.05) is 0 Å². The van der Waals surface area contributed by atoms with Crippen LogP contribution in [-0.4, -0.2) is 36.0 Å². The predicted molar refractivity (Wildman–Crippen MR) is 30.9 cm³/mol. The number of ether oxygens (including phenoxy) is 1. The minimum atomic E-state index is -6.67. The molecule has 0 fully saturated rings. The largest absolute Gasteiger partial charge is 1.00 e. The first-order chi connectivity index (χ1) is 8.09. The van der Waals surface area contributed by atoms with Crippen molar-refractivity contribution in [2.24, 2.45) is 0 Å². The molecule has 0 unspecified atom stereocenters. The Bertz CT molecular complexity index is 365. The Morgan fingerprint density at radius 3 is 1.00 bits per heavy atom. The Morgan fingerprint density at radius 1 is 0.667 bits per heavy atom. The van der Waals surface area contributed by atoms with Crippen molar-refractivity contribution >= 4 is 11.9 Å². The van der Waals surface area contributed by atoms with E-state index >= 15 is 0 Å². The van der Waals surface area contributed by atoms with E-state index in [0.29, 0.717) is 0 Å². The molecule has 0 heterocycles. The Labute approximate surface area is 154 Å². The summed E-state index contributed by atoms with van der Waals surface area (Å²) in [6, 6.07) is 0. The molecule has 0 spiro atoms. The first-order valence-electron chi connectivity index (χ1n) is 3.74. The molecule has 0 rings (SSSR count). The first-order valence-corrected chi connectivity index (χ1v) is 3.74. The van der Waals surface area contributed by atoms with E-state index in [-0.39, 0.29) is 59.1 Å². The summed E-state index contributed by atoms with van der Waals surface area (Å²) in [5.41, 5.74) is 0. The van der Waals surface area contributed by atoms with Gasteiger partial charge in [-0.3, -0.25) is 0 Å². The number of carboxylic acid groups (broad SMARTS) is 2. The van der Waals surface area contributed by atoms with E-state index in [1.165, 1.54) is 0 Å². The summed E-state index contributed by atoms with van der Waals surface area (Å²) in [5.74, 6) is -20.7. The molecule has 0 aromatic heterocycles. The molecule has 112 valence electrons. The molecule has 0 bridgehead atoms. The number of rotatable bonds is 6. The Hall–Kier alpha value is 0.340. The second-order valence-electron chi connectivity index (χ2n) is 2.86. The normalized spacial score (nSPS) is 13.0. The van der Waals surface area contributed by atoms with Crippen LogP contribution < -0.4 is 69.3 Å². The van der Waals surface area contributed by atoms with Gasteiger partial charge in [0.1, 0.15) is 11.9 Å². The van der Waals surface area contributed by atoms with Crippen LogP contribution in [0.3, 0.4) is 0 Å². The molecule has 0 aromatic carbocycles. The Balaban J connectivity index is -0.00000162. The topological polar surface area (TPSA) is 89.5 Å². The van der Waals surface area contributed by atoms with Crippen LogP contribution in [-0.2, 0) is 14.3 Å². The van der Waals surface area contributed by atoms with E-state index in [1.54, 1.807) is 4.74 Å². The third kappa shape index (κ3) is 5.18. The summed E-state index contributed by atoms with van der Waals surface area (Å²) in [6.45, 7) is 0. The fourth-order valence-corrected chi connectivity index (χ4v) is 0.527. The van der Waals surface area contributed by atoms with Crippen molar-refractivity contribution in [1.82, 2.24) is 0 Å². The van der Waals surface area contributed by atoms with E-state index in [0.717, 1.165) is 0 Å². The molecular weight excluding hydrogens is 350 g/mol. The minimum Gasteiger partial charge on any atom is -0.544 e. The molecule has 5 nitrogen and oxygen atoms in total. The smallest absolute Gasteiger partial charge is 0.544 e. The second-order valence-corrected chi connectivity index (χ2v) is 2.86. The molecule has 0 N–H and O–H groups in total. The van der Waals surface area contributed by atoms with E-state index in [9.17, 15) is 54.9 Å². The molecular formula is C6F8Na2O5. The van der Waals surface area contributed by atoms with Crippen LogP contribution in [0.2, 0.25) is 0 Å². The summed E-state index contributed by atoms with van der Waals surface area (Å²) in [4.78, 5) is 19.1. The zero-order valence-corrected chi connectivity index (χ0v) is 14.1. The average Bonchev–Trinajstić information content (AvgIpc) is 2.14. The van der Waals surface area contributed by atoms with Crippen molar-refractivity contribution in [2.45, 2.75) is 24.1 Å². The SMILES string of the molecule is O=C([O-])C(F)(F)C(F)(F)OC(F)(F)C(F)(F)C(=O)[O-].[Na+].[Na+]. The van der Waals surface area contributed by atoms with Crippen LogP contribution in [0, 0.1) is 0 Å². The van der Waals surface area contributed by atoms with Crippen LogP contribution >= 0.6 is 0 Å². The Morgan fingerprint density at radius 2 is 0.857 bits per heavy atom. The van der Waals surface area contributed by atoms with Gasteiger partial charge in [-0.2, -0.15) is 35.1 Å². The van der Waals surface area contributed by atoms with Crippen LogP contribution in [0.4, 0.5) is 35.1 Å². The fourth-order valence-electron chi connectivity index (χ4n) is 0.527. The summed E-state index contributed by atoms with van der Waals surface area (Å²) in [5, 5.41) is 19.1. The summed E-state index contributed by atoms with van der Waals surface area (Å²) >= 11 is 0. The van der Waals surface area contributed by atoms with Gasteiger partial charge in [0.15, 0.2) is 0 Å². The molecule has 0 aliphatic heterocycles. The molecule has 0 aliphatic rings. The van der Waals surface area contributed by atoms with Crippen molar-refractivity contribution in [3.05, 3.63) is 0 Å². The second kappa shape index (κ2) is 7.75. The number of aliphatic carboxylic acids is 2. The molecule has 0 saturated heterocycles. The standard InChI is InChI=1S/C6H2F8O5.2Na/c7-3(8,1(15)16)5(11,12)19-6(13,14)4(9,10)2(17)18;;/h(H,15,16)(H,17,18);;/q;2*+1/p-2. The summed E-state index contributed by atoms with van der Waals surface area (Å²) in [7, 11) is 0. The molecule has 0 aliphatic carbocycles. The van der Waals surface area contributed by atoms with Crippen LogP contribution in [0.25, 0.3) is 0 Å². The van der Waals surface area contributed by atoms with Gasteiger partial charge in [-0.25, -0.2) is 4.74 Å².